The molecular formula is C21H13Cl2FN4O2. The molecule has 4 rings (SSSR count). The summed E-state index contributed by atoms with van der Waals surface area (Å²) < 4.78 is 19.7. The van der Waals surface area contributed by atoms with Crippen LogP contribution in [0.25, 0.3) is 22.5 Å². The first-order valence-corrected chi connectivity index (χ1v) is 9.49. The van der Waals surface area contributed by atoms with Crippen molar-refractivity contribution in [1.82, 2.24) is 15.1 Å². The summed E-state index contributed by atoms with van der Waals surface area (Å²) >= 11 is 12.1. The minimum Gasteiger partial charge on any atom is -0.336 e. The lowest BCUT2D eigenvalue weighted by atomic mass is 10.0. The fourth-order valence-electron chi connectivity index (χ4n) is 3.00. The second kappa shape index (κ2) is 8.22. The maximum atomic E-state index is 14.1. The van der Waals surface area contributed by atoms with E-state index in [-0.39, 0.29) is 22.5 Å². The van der Waals surface area contributed by atoms with Crippen molar-refractivity contribution in [3.8, 4) is 22.5 Å². The van der Waals surface area contributed by atoms with Crippen LogP contribution in [0, 0.1) is 5.82 Å². The number of hydrogen-bond donors (Lipinski definition) is 0. The van der Waals surface area contributed by atoms with E-state index in [0.717, 1.165) is 0 Å². The van der Waals surface area contributed by atoms with Crippen molar-refractivity contribution in [3.63, 3.8) is 0 Å². The monoisotopic (exact) mass is 442 g/mol. The molecule has 0 bridgehead atoms. The first-order chi connectivity index (χ1) is 14.5. The molecule has 150 valence electrons. The summed E-state index contributed by atoms with van der Waals surface area (Å²) in [5.41, 5.74) is 1.92. The molecular weight excluding hydrogens is 430 g/mol. The first-order valence-electron chi connectivity index (χ1n) is 8.74. The summed E-state index contributed by atoms with van der Waals surface area (Å²) in [6.07, 6.45) is 2.89. The minimum absolute atomic E-state index is 0.0208. The molecule has 0 atom stereocenters. The number of carbonyl (C=O) groups excluding carboxylic acids is 1. The second-order valence-corrected chi connectivity index (χ2v) is 7.06. The number of halogens is 3. The Hall–Kier alpha value is -3.29. The minimum atomic E-state index is -0.609. The molecule has 0 unspecified atom stereocenters. The Morgan fingerprint density at radius 3 is 2.57 bits per heavy atom. The van der Waals surface area contributed by atoms with E-state index < -0.39 is 5.82 Å². The molecule has 6 nitrogen and oxygen atoms in total. The average molecular weight is 443 g/mol. The van der Waals surface area contributed by atoms with Crippen molar-refractivity contribution in [2.24, 2.45) is 0 Å². The molecule has 2 aromatic heterocycles. The molecule has 0 aliphatic heterocycles. The third-order valence-electron chi connectivity index (χ3n) is 4.32. The van der Waals surface area contributed by atoms with Gasteiger partial charge in [-0.05, 0) is 30.3 Å². The zero-order valence-electron chi connectivity index (χ0n) is 15.5. The van der Waals surface area contributed by atoms with Gasteiger partial charge in [0.05, 0.1) is 27.0 Å². The topological polar surface area (TPSA) is 72.1 Å². The van der Waals surface area contributed by atoms with Crippen LogP contribution in [0.15, 0.2) is 65.6 Å². The Bertz CT molecular complexity index is 1230. The van der Waals surface area contributed by atoms with Crippen molar-refractivity contribution in [2.75, 3.05) is 4.90 Å². The quantitative estimate of drug-likeness (QED) is 0.391. The summed E-state index contributed by atoms with van der Waals surface area (Å²) in [5, 5.41) is 4.43. The maximum Gasteiger partial charge on any atom is 0.248 e. The number of hydrogen-bond acceptors (Lipinski definition) is 5. The first kappa shape index (κ1) is 20.0. The van der Waals surface area contributed by atoms with Crippen LogP contribution < -0.4 is 4.90 Å². The number of rotatable bonds is 4. The molecule has 2 heterocycles. The van der Waals surface area contributed by atoms with Crippen LogP contribution in [0.1, 0.15) is 6.92 Å². The summed E-state index contributed by atoms with van der Waals surface area (Å²) in [4.78, 5) is 22.1. The lowest BCUT2D eigenvalue weighted by molar-refractivity contribution is -0.116. The lowest BCUT2D eigenvalue weighted by Crippen LogP contribution is -2.23. The van der Waals surface area contributed by atoms with Crippen LogP contribution >= 0.6 is 23.2 Å². The van der Waals surface area contributed by atoms with Crippen LogP contribution in [-0.2, 0) is 4.79 Å². The van der Waals surface area contributed by atoms with Gasteiger partial charge in [-0.1, -0.05) is 46.6 Å². The zero-order valence-corrected chi connectivity index (χ0v) is 17.0. The van der Waals surface area contributed by atoms with E-state index in [9.17, 15) is 9.18 Å². The molecule has 1 amide bonds. The largest absolute Gasteiger partial charge is 0.336 e. The average Bonchev–Trinajstić information content (AvgIpc) is 3.16. The molecule has 0 saturated heterocycles. The number of amides is 1. The zero-order chi connectivity index (χ0) is 21.3. The fraction of sp³-hybridized carbons (Fsp3) is 0.0476. The van der Waals surface area contributed by atoms with Crippen LogP contribution in [0.5, 0.6) is 0 Å². The number of aromatic nitrogens is 3. The Kier molecular flexibility index (Phi) is 5.48. The van der Waals surface area contributed by atoms with Gasteiger partial charge >= 0.3 is 0 Å². The summed E-state index contributed by atoms with van der Waals surface area (Å²) in [6.45, 7) is 1.37. The van der Waals surface area contributed by atoms with E-state index in [1.165, 1.54) is 30.3 Å². The molecule has 0 saturated carbocycles. The Morgan fingerprint density at radius 1 is 1.10 bits per heavy atom. The van der Waals surface area contributed by atoms with Gasteiger partial charge in [0.2, 0.25) is 11.8 Å². The third-order valence-corrected chi connectivity index (χ3v) is 4.94. The maximum absolute atomic E-state index is 14.1. The van der Waals surface area contributed by atoms with Gasteiger partial charge in [-0.2, -0.15) is 0 Å². The van der Waals surface area contributed by atoms with Crippen LogP contribution in [0.4, 0.5) is 16.0 Å². The molecule has 4 aromatic rings. The number of anilines is 2. The Labute approximate surface area is 180 Å². The van der Waals surface area contributed by atoms with E-state index >= 15 is 0 Å². The van der Waals surface area contributed by atoms with Gasteiger partial charge in [-0.15, -0.1) is 0 Å². The van der Waals surface area contributed by atoms with Gasteiger partial charge in [0.1, 0.15) is 17.8 Å². The van der Waals surface area contributed by atoms with Crippen molar-refractivity contribution in [1.29, 1.82) is 0 Å². The summed E-state index contributed by atoms with van der Waals surface area (Å²) in [7, 11) is 0. The van der Waals surface area contributed by atoms with Crippen LogP contribution in [0.3, 0.4) is 0 Å². The normalized spacial score (nSPS) is 10.8. The SMILES string of the molecule is CC(=O)N(c1ccccc1Cl)c1onc(-c2ccc(Cl)c(F)c2)c1-c1ccncn1. The molecule has 30 heavy (non-hydrogen) atoms. The van der Waals surface area contributed by atoms with Gasteiger partial charge in [0.25, 0.3) is 0 Å². The van der Waals surface area contributed by atoms with Crippen LogP contribution in [-0.4, -0.2) is 21.0 Å². The van der Waals surface area contributed by atoms with Gasteiger partial charge in [0.15, 0.2) is 0 Å². The van der Waals surface area contributed by atoms with E-state index in [0.29, 0.717) is 27.5 Å². The van der Waals surface area contributed by atoms with E-state index in [1.54, 1.807) is 42.6 Å². The number of nitrogens with zero attached hydrogens (tertiary/aromatic N) is 4. The Balaban J connectivity index is 1.98. The molecule has 2 aromatic carbocycles. The summed E-state index contributed by atoms with van der Waals surface area (Å²) in [5.74, 6) is -0.870. The fourth-order valence-corrected chi connectivity index (χ4v) is 3.34. The molecule has 0 radical (unpaired) electrons. The highest BCUT2D eigenvalue weighted by atomic mass is 35.5. The summed E-state index contributed by atoms with van der Waals surface area (Å²) in [6, 6.07) is 12.7. The van der Waals surface area contributed by atoms with Crippen LogP contribution in [0.2, 0.25) is 10.0 Å². The highest BCUT2D eigenvalue weighted by Crippen LogP contribution is 2.43. The van der Waals surface area contributed by atoms with Gasteiger partial charge in [-0.3, -0.25) is 4.79 Å². The van der Waals surface area contributed by atoms with Gasteiger partial charge < -0.3 is 4.52 Å². The molecule has 0 aliphatic carbocycles. The number of para-hydroxylation sites is 1. The van der Waals surface area contributed by atoms with Crippen molar-refractivity contribution in [2.45, 2.75) is 6.92 Å². The smallest absolute Gasteiger partial charge is 0.248 e. The molecule has 0 fully saturated rings. The van der Waals surface area contributed by atoms with Gasteiger partial charge in [0, 0.05) is 18.7 Å². The van der Waals surface area contributed by atoms with E-state index in [4.69, 9.17) is 27.7 Å². The van der Waals surface area contributed by atoms with Crippen molar-refractivity contribution < 1.29 is 13.7 Å². The lowest BCUT2D eigenvalue weighted by Gasteiger charge is -2.20. The highest BCUT2D eigenvalue weighted by Gasteiger charge is 2.29. The van der Waals surface area contributed by atoms with Gasteiger partial charge in [-0.25, -0.2) is 19.3 Å². The van der Waals surface area contributed by atoms with E-state index in [2.05, 4.69) is 15.1 Å². The van der Waals surface area contributed by atoms with E-state index in [1.807, 2.05) is 0 Å². The standard InChI is InChI=1S/C21H13Cl2FN4O2/c1-12(29)28(18-5-3-2-4-15(18)23)21-19(17-8-9-25-11-26-17)20(27-30-21)13-6-7-14(22)16(24)10-13/h2-11H,1H3. The number of benzene rings is 2. The molecule has 0 N–H and O–H groups in total. The molecule has 0 aliphatic rings. The predicted molar refractivity (Wildman–Crippen MR) is 112 cm³/mol. The highest BCUT2D eigenvalue weighted by molar-refractivity contribution is 6.34. The third kappa shape index (κ3) is 3.65. The molecule has 0 spiro atoms. The van der Waals surface area contributed by atoms with Crippen molar-refractivity contribution in [3.05, 3.63) is 76.9 Å². The Morgan fingerprint density at radius 2 is 1.90 bits per heavy atom. The number of carbonyl (C=O) groups is 1. The predicted octanol–water partition coefficient (Wildman–Crippen LogP) is 5.93. The molecule has 9 heteroatoms. The second-order valence-electron chi connectivity index (χ2n) is 6.24. The van der Waals surface area contributed by atoms with Crippen molar-refractivity contribution >= 4 is 40.7 Å².